The molecule has 1 aliphatic rings. The molecule has 3 rings (SSSR count). The molecule has 1 aromatic heterocycles. The van der Waals surface area contributed by atoms with Gasteiger partial charge in [-0.25, -0.2) is 4.79 Å². The van der Waals surface area contributed by atoms with E-state index in [0.29, 0.717) is 18.1 Å². The highest BCUT2D eigenvalue weighted by molar-refractivity contribution is 5.94. The number of nitrogens with one attached hydrogen (secondary N) is 3. The van der Waals surface area contributed by atoms with Crippen LogP contribution in [0.1, 0.15) is 24.2 Å². The highest BCUT2D eigenvalue weighted by Gasteiger charge is 2.29. The third kappa shape index (κ3) is 4.32. The first-order valence-electron chi connectivity index (χ1n) is 7.48. The van der Waals surface area contributed by atoms with Crippen LogP contribution in [-0.2, 0) is 11.3 Å². The van der Waals surface area contributed by atoms with Crippen molar-refractivity contribution in [3.05, 3.63) is 41.7 Å². The van der Waals surface area contributed by atoms with Crippen molar-refractivity contribution in [2.75, 3.05) is 10.6 Å². The lowest BCUT2D eigenvalue weighted by molar-refractivity contribution is -0.117. The van der Waals surface area contributed by atoms with Gasteiger partial charge in [-0.2, -0.15) is 0 Å². The van der Waals surface area contributed by atoms with E-state index in [1.54, 1.807) is 13.0 Å². The largest absolute Gasteiger partial charge is 0.360 e. The Bertz CT molecular complexity index is 722. The summed E-state index contributed by atoms with van der Waals surface area (Å²) in [7, 11) is 0. The van der Waals surface area contributed by atoms with Crippen molar-refractivity contribution in [2.24, 2.45) is 5.92 Å². The summed E-state index contributed by atoms with van der Waals surface area (Å²) in [6, 6.07) is 8.67. The molecule has 1 aliphatic carbocycles. The summed E-state index contributed by atoms with van der Waals surface area (Å²) in [5.41, 5.74) is 1.64. The second-order valence-corrected chi connectivity index (χ2v) is 5.59. The maximum atomic E-state index is 11.8. The van der Waals surface area contributed by atoms with E-state index in [2.05, 4.69) is 21.1 Å². The van der Waals surface area contributed by atoms with Gasteiger partial charge in [-0.3, -0.25) is 10.1 Å². The number of rotatable bonds is 5. The summed E-state index contributed by atoms with van der Waals surface area (Å²) in [4.78, 5) is 23.5. The van der Waals surface area contributed by atoms with Crippen LogP contribution in [0.15, 0.2) is 34.9 Å². The van der Waals surface area contributed by atoms with Crippen LogP contribution in [0.4, 0.5) is 16.3 Å². The fourth-order valence-corrected chi connectivity index (χ4v) is 2.12. The molecule has 120 valence electrons. The van der Waals surface area contributed by atoms with E-state index >= 15 is 0 Å². The molecular formula is C16H18N4O3. The molecule has 23 heavy (non-hydrogen) atoms. The molecule has 0 unspecified atom stereocenters. The van der Waals surface area contributed by atoms with Crippen molar-refractivity contribution < 1.29 is 14.1 Å². The Kier molecular flexibility index (Phi) is 4.27. The Morgan fingerprint density at radius 3 is 2.78 bits per heavy atom. The van der Waals surface area contributed by atoms with Crippen LogP contribution in [0, 0.1) is 12.8 Å². The third-order valence-corrected chi connectivity index (χ3v) is 3.47. The fraction of sp³-hybridized carbons (Fsp3) is 0.312. The zero-order valence-electron chi connectivity index (χ0n) is 12.8. The van der Waals surface area contributed by atoms with E-state index in [-0.39, 0.29) is 17.9 Å². The van der Waals surface area contributed by atoms with E-state index in [1.165, 1.54) is 0 Å². The Labute approximate surface area is 133 Å². The molecule has 3 N–H and O–H groups in total. The second-order valence-electron chi connectivity index (χ2n) is 5.59. The molecule has 0 saturated heterocycles. The zero-order valence-corrected chi connectivity index (χ0v) is 12.8. The molecule has 0 atom stereocenters. The van der Waals surface area contributed by atoms with Crippen molar-refractivity contribution in [2.45, 2.75) is 26.3 Å². The van der Waals surface area contributed by atoms with Gasteiger partial charge in [-0.1, -0.05) is 17.3 Å². The van der Waals surface area contributed by atoms with Gasteiger partial charge in [0.05, 0.1) is 0 Å². The van der Waals surface area contributed by atoms with Crippen LogP contribution in [0.2, 0.25) is 0 Å². The van der Waals surface area contributed by atoms with Gasteiger partial charge < -0.3 is 15.2 Å². The predicted molar refractivity (Wildman–Crippen MR) is 84.9 cm³/mol. The molecule has 1 aromatic carbocycles. The average molecular weight is 314 g/mol. The van der Waals surface area contributed by atoms with Gasteiger partial charge in [0, 0.05) is 24.2 Å². The molecule has 7 nitrogen and oxygen atoms in total. The number of aromatic nitrogens is 1. The minimum Gasteiger partial charge on any atom is -0.360 e. The van der Waals surface area contributed by atoms with Crippen molar-refractivity contribution in [3.8, 4) is 0 Å². The quantitative estimate of drug-likeness (QED) is 0.790. The van der Waals surface area contributed by atoms with E-state index in [4.69, 9.17) is 4.52 Å². The van der Waals surface area contributed by atoms with Crippen LogP contribution in [-0.4, -0.2) is 17.1 Å². The number of benzene rings is 1. The van der Waals surface area contributed by atoms with Crippen LogP contribution in [0.3, 0.4) is 0 Å². The summed E-state index contributed by atoms with van der Waals surface area (Å²) in [5.74, 6) is 1.22. The standard InChI is InChI=1S/C16H18N4O3/c1-10-7-14(20-23-10)19-16(22)17-9-11-3-2-4-13(8-11)18-15(21)12-5-6-12/h2-4,7-8,12H,5-6,9H2,1H3,(H,18,21)(H2,17,19,20,22). The van der Waals surface area contributed by atoms with Gasteiger partial charge in [-0.15, -0.1) is 0 Å². The van der Waals surface area contributed by atoms with Crippen molar-refractivity contribution >= 4 is 23.4 Å². The van der Waals surface area contributed by atoms with E-state index in [0.717, 1.165) is 24.1 Å². The number of carbonyl (C=O) groups excluding carboxylic acids is 2. The summed E-state index contributed by atoms with van der Waals surface area (Å²) < 4.78 is 4.87. The number of hydrogen-bond acceptors (Lipinski definition) is 4. The second kappa shape index (κ2) is 6.51. The first-order valence-corrected chi connectivity index (χ1v) is 7.48. The van der Waals surface area contributed by atoms with E-state index in [1.807, 2.05) is 24.3 Å². The minimum absolute atomic E-state index is 0.0641. The monoisotopic (exact) mass is 314 g/mol. The van der Waals surface area contributed by atoms with Gasteiger partial charge >= 0.3 is 6.03 Å². The number of aryl methyl sites for hydroxylation is 1. The maximum Gasteiger partial charge on any atom is 0.320 e. The van der Waals surface area contributed by atoms with Crippen LogP contribution in [0.25, 0.3) is 0 Å². The predicted octanol–water partition coefficient (Wildman–Crippen LogP) is 2.65. The smallest absolute Gasteiger partial charge is 0.320 e. The van der Waals surface area contributed by atoms with Gasteiger partial charge in [-0.05, 0) is 37.5 Å². The first kappa shape index (κ1) is 15.1. The highest BCUT2D eigenvalue weighted by Crippen LogP contribution is 2.30. The van der Waals surface area contributed by atoms with E-state index in [9.17, 15) is 9.59 Å². The van der Waals surface area contributed by atoms with Crippen LogP contribution < -0.4 is 16.0 Å². The molecule has 1 fully saturated rings. The molecule has 0 spiro atoms. The topological polar surface area (TPSA) is 96.3 Å². The van der Waals surface area contributed by atoms with Crippen molar-refractivity contribution in [1.82, 2.24) is 10.5 Å². The molecule has 1 saturated carbocycles. The Morgan fingerprint density at radius 2 is 2.09 bits per heavy atom. The lowest BCUT2D eigenvalue weighted by atomic mass is 10.2. The summed E-state index contributed by atoms with van der Waals surface area (Å²) >= 11 is 0. The SMILES string of the molecule is Cc1cc(NC(=O)NCc2cccc(NC(=O)C3CC3)c2)no1. The Balaban J connectivity index is 1.51. The summed E-state index contributed by atoms with van der Waals surface area (Å²) in [6.07, 6.45) is 1.93. The minimum atomic E-state index is -0.370. The lowest BCUT2D eigenvalue weighted by Crippen LogP contribution is -2.28. The van der Waals surface area contributed by atoms with Gasteiger partial charge in [0.15, 0.2) is 5.82 Å². The molecule has 0 aliphatic heterocycles. The third-order valence-electron chi connectivity index (χ3n) is 3.47. The fourth-order valence-electron chi connectivity index (χ4n) is 2.12. The Hall–Kier alpha value is -2.83. The van der Waals surface area contributed by atoms with Gasteiger partial charge in [0.2, 0.25) is 5.91 Å². The number of carbonyl (C=O) groups is 2. The molecule has 0 bridgehead atoms. The summed E-state index contributed by atoms with van der Waals surface area (Å²) in [6.45, 7) is 2.09. The average Bonchev–Trinajstić information content (AvgIpc) is 3.30. The van der Waals surface area contributed by atoms with Crippen molar-refractivity contribution in [3.63, 3.8) is 0 Å². The number of nitrogens with zero attached hydrogens (tertiary/aromatic N) is 1. The first-order chi connectivity index (χ1) is 11.1. The molecule has 2 aromatic rings. The lowest BCUT2D eigenvalue weighted by Gasteiger charge is -2.08. The highest BCUT2D eigenvalue weighted by atomic mass is 16.5. The molecule has 7 heteroatoms. The number of anilines is 2. The number of hydrogen-bond donors (Lipinski definition) is 3. The van der Waals surface area contributed by atoms with Crippen LogP contribution in [0.5, 0.6) is 0 Å². The molecule has 1 heterocycles. The van der Waals surface area contributed by atoms with E-state index < -0.39 is 0 Å². The van der Waals surface area contributed by atoms with Crippen LogP contribution >= 0.6 is 0 Å². The molecule has 0 radical (unpaired) electrons. The summed E-state index contributed by atoms with van der Waals surface area (Å²) in [5, 5.41) is 11.9. The molecular weight excluding hydrogens is 296 g/mol. The Morgan fingerprint density at radius 1 is 1.26 bits per heavy atom. The number of amides is 3. The number of urea groups is 1. The normalized spacial score (nSPS) is 13.4. The molecule has 3 amide bonds. The van der Waals surface area contributed by atoms with Gasteiger partial charge in [0.25, 0.3) is 0 Å². The van der Waals surface area contributed by atoms with Gasteiger partial charge in [0.1, 0.15) is 5.76 Å². The van der Waals surface area contributed by atoms with Crippen molar-refractivity contribution in [1.29, 1.82) is 0 Å². The maximum absolute atomic E-state index is 11.8. The zero-order chi connectivity index (χ0) is 16.2.